The fraction of sp³-hybridized carbons (Fsp3) is 0.200. The van der Waals surface area contributed by atoms with E-state index < -0.39 is 11.2 Å². The highest BCUT2D eigenvalue weighted by atomic mass is 35.5. The molecule has 0 bridgehead atoms. The summed E-state index contributed by atoms with van der Waals surface area (Å²) in [7, 11) is 0. The molecular weight excluding hydrogens is 280 g/mol. The lowest BCUT2D eigenvalue weighted by Gasteiger charge is -2.11. The Morgan fingerprint density at radius 3 is 2.21 bits per heavy atom. The summed E-state index contributed by atoms with van der Waals surface area (Å²) in [6, 6.07) is 15.6. The molecule has 0 radical (unpaired) electrons. The summed E-state index contributed by atoms with van der Waals surface area (Å²) in [5.74, 6) is 0.299. The summed E-state index contributed by atoms with van der Waals surface area (Å²) in [6.45, 7) is 4.14. The minimum absolute atomic E-state index is 0. The molecular formula is C15H15ClO2S. The summed E-state index contributed by atoms with van der Waals surface area (Å²) < 4.78 is 6.15. The van der Waals surface area contributed by atoms with Crippen molar-refractivity contribution in [3.63, 3.8) is 0 Å². The molecule has 1 atom stereocenters. The zero-order chi connectivity index (χ0) is 12.8. The largest absolute Gasteiger partial charge is 1.00 e. The van der Waals surface area contributed by atoms with E-state index in [1.54, 1.807) is 6.07 Å². The SMILES string of the molecule is CC1(C)O[S+](c2ccccc2O)c2ccccc21.[Cl-]. The Balaban J connectivity index is 0.00000133. The van der Waals surface area contributed by atoms with Crippen molar-refractivity contribution < 1.29 is 21.7 Å². The highest BCUT2D eigenvalue weighted by Crippen LogP contribution is 2.46. The molecule has 1 unspecified atom stereocenters. The van der Waals surface area contributed by atoms with E-state index in [1.807, 2.05) is 30.3 Å². The van der Waals surface area contributed by atoms with Gasteiger partial charge in [0.25, 0.3) is 0 Å². The molecule has 1 aliphatic heterocycles. The normalized spacial score (nSPS) is 19.6. The van der Waals surface area contributed by atoms with Gasteiger partial charge in [0.05, 0.1) is 0 Å². The lowest BCUT2D eigenvalue weighted by Crippen LogP contribution is -3.00. The van der Waals surface area contributed by atoms with Crippen molar-refractivity contribution in [1.29, 1.82) is 0 Å². The second kappa shape index (κ2) is 5.08. The smallest absolute Gasteiger partial charge is 0.237 e. The van der Waals surface area contributed by atoms with Crippen LogP contribution in [-0.4, -0.2) is 5.11 Å². The van der Waals surface area contributed by atoms with Crippen LogP contribution in [-0.2, 0) is 21.0 Å². The van der Waals surface area contributed by atoms with Crippen LogP contribution in [0.3, 0.4) is 0 Å². The van der Waals surface area contributed by atoms with Crippen molar-refractivity contribution in [1.82, 2.24) is 0 Å². The van der Waals surface area contributed by atoms with Crippen molar-refractivity contribution in [2.24, 2.45) is 0 Å². The molecule has 100 valence electrons. The molecule has 0 aliphatic carbocycles. The zero-order valence-corrected chi connectivity index (χ0v) is 12.3. The summed E-state index contributed by atoms with van der Waals surface area (Å²) in [5, 5.41) is 9.99. The standard InChI is InChI=1S/C15H14O2S.ClH/c1-15(2)11-7-3-5-9-13(11)18(17-15)14-10-6-4-8-12(14)16;/h3-10H,1-2H3;1H. The molecule has 19 heavy (non-hydrogen) atoms. The molecule has 3 rings (SSSR count). The van der Waals surface area contributed by atoms with E-state index >= 15 is 0 Å². The van der Waals surface area contributed by atoms with Gasteiger partial charge < -0.3 is 17.5 Å². The van der Waals surface area contributed by atoms with Gasteiger partial charge in [-0.3, -0.25) is 0 Å². The van der Waals surface area contributed by atoms with E-state index in [0.717, 1.165) is 4.90 Å². The average molecular weight is 295 g/mol. The maximum absolute atomic E-state index is 9.99. The molecule has 0 saturated heterocycles. The highest BCUT2D eigenvalue weighted by Gasteiger charge is 2.49. The van der Waals surface area contributed by atoms with Crippen LogP contribution in [0.2, 0.25) is 0 Å². The number of para-hydroxylation sites is 1. The number of fused-ring (bicyclic) bond motifs is 1. The van der Waals surface area contributed by atoms with E-state index in [9.17, 15) is 5.11 Å². The van der Waals surface area contributed by atoms with Crippen molar-refractivity contribution >= 4 is 11.2 Å². The third kappa shape index (κ3) is 2.34. The van der Waals surface area contributed by atoms with Gasteiger partial charge in [-0.05, 0) is 26.0 Å². The van der Waals surface area contributed by atoms with Crippen molar-refractivity contribution in [2.75, 3.05) is 0 Å². The molecule has 0 amide bonds. The van der Waals surface area contributed by atoms with Crippen LogP contribution in [0.4, 0.5) is 0 Å². The number of benzene rings is 2. The molecule has 1 aliphatic rings. The Morgan fingerprint density at radius 2 is 1.53 bits per heavy atom. The van der Waals surface area contributed by atoms with E-state index in [2.05, 4.69) is 26.0 Å². The Labute approximate surface area is 122 Å². The third-order valence-corrected chi connectivity index (χ3v) is 5.18. The maximum Gasteiger partial charge on any atom is 0.237 e. The monoisotopic (exact) mass is 294 g/mol. The van der Waals surface area contributed by atoms with Crippen molar-refractivity contribution in [3.8, 4) is 5.75 Å². The number of hydrogen-bond donors (Lipinski definition) is 1. The molecule has 2 aromatic carbocycles. The Bertz CT molecular complexity index is 598. The number of phenolic OH excluding ortho intramolecular Hbond substituents is 1. The van der Waals surface area contributed by atoms with E-state index in [1.165, 1.54) is 10.5 Å². The topological polar surface area (TPSA) is 29.5 Å². The summed E-state index contributed by atoms with van der Waals surface area (Å²) in [4.78, 5) is 2.03. The maximum atomic E-state index is 9.99. The number of rotatable bonds is 1. The fourth-order valence-electron chi connectivity index (χ4n) is 2.20. The van der Waals surface area contributed by atoms with Crippen LogP contribution >= 0.6 is 0 Å². The minimum atomic E-state index is -0.497. The molecule has 0 fully saturated rings. The van der Waals surface area contributed by atoms with E-state index in [4.69, 9.17) is 4.18 Å². The molecule has 2 nitrogen and oxygen atoms in total. The second-order valence-corrected chi connectivity index (χ2v) is 6.41. The lowest BCUT2D eigenvalue weighted by molar-refractivity contribution is -0.00000792. The molecule has 1 N–H and O–H groups in total. The number of aromatic hydroxyl groups is 1. The molecule has 0 saturated carbocycles. The van der Waals surface area contributed by atoms with Crippen LogP contribution in [0.25, 0.3) is 0 Å². The van der Waals surface area contributed by atoms with E-state index in [0.29, 0.717) is 5.75 Å². The first kappa shape index (κ1) is 14.3. The third-order valence-electron chi connectivity index (χ3n) is 3.09. The first-order valence-electron chi connectivity index (χ1n) is 5.91. The van der Waals surface area contributed by atoms with Gasteiger partial charge in [-0.1, -0.05) is 30.3 Å². The molecule has 0 spiro atoms. The molecule has 0 aromatic heterocycles. The number of hydrogen-bond acceptors (Lipinski definition) is 2. The van der Waals surface area contributed by atoms with Gasteiger partial charge in [0.1, 0.15) is 0 Å². The van der Waals surface area contributed by atoms with E-state index in [-0.39, 0.29) is 18.0 Å². The number of phenols is 1. The fourth-order valence-corrected chi connectivity index (χ4v) is 4.30. The minimum Gasteiger partial charge on any atom is -1.00 e. The first-order chi connectivity index (χ1) is 8.59. The van der Waals surface area contributed by atoms with Gasteiger partial charge >= 0.3 is 0 Å². The van der Waals surface area contributed by atoms with Crippen molar-refractivity contribution in [2.45, 2.75) is 29.2 Å². The van der Waals surface area contributed by atoms with Crippen LogP contribution in [0.1, 0.15) is 19.4 Å². The summed E-state index contributed by atoms with van der Waals surface area (Å²) in [5.41, 5.74) is 0.902. The average Bonchev–Trinajstić information content (AvgIpc) is 2.63. The Morgan fingerprint density at radius 1 is 0.947 bits per heavy atom. The first-order valence-corrected chi connectivity index (χ1v) is 7.06. The van der Waals surface area contributed by atoms with Crippen molar-refractivity contribution in [3.05, 3.63) is 54.1 Å². The Hall–Kier alpha value is -1.16. The van der Waals surface area contributed by atoms with Gasteiger partial charge in [0, 0.05) is 11.6 Å². The quantitative estimate of drug-likeness (QED) is 0.781. The number of halogens is 1. The van der Waals surface area contributed by atoms with Crippen LogP contribution in [0.5, 0.6) is 5.75 Å². The van der Waals surface area contributed by atoms with Crippen LogP contribution in [0.15, 0.2) is 58.3 Å². The summed E-state index contributed by atoms with van der Waals surface area (Å²) >= 11 is -0.497. The second-order valence-electron chi connectivity index (χ2n) is 4.83. The molecule has 4 heteroatoms. The van der Waals surface area contributed by atoms with Gasteiger partial charge in [-0.15, -0.1) is 0 Å². The highest BCUT2D eigenvalue weighted by molar-refractivity contribution is 7.92. The van der Waals surface area contributed by atoms with Crippen LogP contribution in [0, 0.1) is 0 Å². The Kier molecular flexibility index (Phi) is 3.81. The van der Waals surface area contributed by atoms with Gasteiger partial charge in [0.2, 0.25) is 21.0 Å². The predicted molar refractivity (Wildman–Crippen MR) is 72.6 cm³/mol. The zero-order valence-electron chi connectivity index (χ0n) is 10.8. The van der Waals surface area contributed by atoms with Gasteiger partial charge in [0.15, 0.2) is 11.4 Å². The van der Waals surface area contributed by atoms with Gasteiger partial charge in [-0.25, -0.2) is 0 Å². The van der Waals surface area contributed by atoms with Gasteiger partial charge in [-0.2, -0.15) is 4.18 Å². The molecule has 2 aromatic rings. The summed E-state index contributed by atoms with van der Waals surface area (Å²) in [6.07, 6.45) is 0. The predicted octanol–water partition coefficient (Wildman–Crippen LogP) is 0.613. The lowest BCUT2D eigenvalue weighted by atomic mass is 9.99. The van der Waals surface area contributed by atoms with Crippen LogP contribution < -0.4 is 12.4 Å². The molecule has 1 heterocycles.